The van der Waals surface area contributed by atoms with Gasteiger partial charge in [-0.05, 0) is 110 Å². The van der Waals surface area contributed by atoms with Gasteiger partial charge >= 0.3 is 0 Å². The number of hydrogen-bond acceptors (Lipinski definition) is 2. The summed E-state index contributed by atoms with van der Waals surface area (Å²) >= 11 is 1.89. The van der Waals surface area contributed by atoms with E-state index in [0.717, 1.165) is 17.1 Å². The minimum absolute atomic E-state index is 0.160. The zero-order valence-corrected chi connectivity index (χ0v) is 35.3. The van der Waals surface area contributed by atoms with E-state index in [1.807, 2.05) is 11.3 Å². The molecule has 0 amide bonds. The highest BCUT2D eigenvalue weighted by Gasteiger charge is 2.42. The Hall–Kier alpha value is -7.00. The number of nitrogens with zero attached hydrogens (tertiary/aromatic N) is 1. The van der Waals surface area contributed by atoms with Crippen LogP contribution in [0.5, 0.6) is 0 Å². The Kier molecular flexibility index (Phi) is 7.95. The minimum atomic E-state index is -0.322. The largest absolute Gasteiger partial charge is 0.310 e. The maximum Gasteiger partial charge on any atom is 0.0540 e. The molecule has 290 valence electrons. The van der Waals surface area contributed by atoms with Gasteiger partial charge in [-0.25, -0.2) is 0 Å². The Morgan fingerprint density at radius 2 is 0.951 bits per heavy atom. The first-order chi connectivity index (χ1) is 29.9. The van der Waals surface area contributed by atoms with E-state index in [4.69, 9.17) is 0 Å². The Morgan fingerprint density at radius 3 is 1.75 bits per heavy atom. The third-order valence-corrected chi connectivity index (χ3v) is 15.0. The monoisotopic (exact) mass is 797 g/mol. The first-order valence-corrected chi connectivity index (χ1v) is 22.2. The summed E-state index contributed by atoms with van der Waals surface area (Å²) in [6, 6.07) is 76.9. The van der Waals surface area contributed by atoms with Crippen molar-refractivity contribution in [2.75, 3.05) is 4.90 Å². The van der Waals surface area contributed by atoms with Crippen LogP contribution in [0.1, 0.15) is 48.6 Å². The molecule has 1 nitrogen and oxygen atoms in total. The van der Waals surface area contributed by atoms with E-state index in [2.05, 4.69) is 232 Å². The minimum Gasteiger partial charge on any atom is -0.310 e. The van der Waals surface area contributed by atoms with Gasteiger partial charge in [0.2, 0.25) is 0 Å². The molecule has 1 unspecified atom stereocenters. The summed E-state index contributed by atoms with van der Waals surface area (Å²) in [6.07, 6.45) is 0. The Labute approximate surface area is 361 Å². The molecule has 10 aromatic rings. The quantitative estimate of drug-likeness (QED) is 0.162. The second kappa shape index (κ2) is 13.5. The van der Waals surface area contributed by atoms with Crippen molar-refractivity contribution < 1.29 is 0 Å². The highest BCUT2D eigenvalue weighted by molar-refractivity contribution is 7.26. The van der Waals surface area contributed by atoms with Gasteiger partial charge in [0, 0.05) is 47.9 Å². The van der Waals surface area contributed by atoms with Crippen molar-refractivity contribution in [2.24, 2.45) is 0 Å². The molecule has 0 radical (unpaired) electrons. The highest BCUT2D eigenvalue weighted by Crippen LogP contribution is 2.56. The SMILES string of the molecule is CC1(C)c2ccccc2-c2cccc(-c3ccccc3N(c3ccc(-c4cccc5c4sc4ccccc45)cc3)c3ccc4c(c3)C(C)(c3ccccc3)c3ccccc3-4)c21. The van der Waals surface area contributed by atoms with E-state index >= 15 is 0 Å². The normalized spacial score (nSPS) is 15.7. The number of rotatable bonds is 6. The first kappa shape index (κ1) is 35.9. The predicted octanol–water partition coefficient (Wildman–Crippen LogP) is 16.5. The van der Waals surface area contributed by atoms with Crippen LogP contribution in [0.25, 0.3) is 64.7 Å². The second-order valence-electron chi connectivity index (χ2n) is 17.3. The molecule has 0 spiro atoms. The number of fused-ring (bicyclic) bond motifs is 9. The van der Waals surface area contributed by atoms with Crippen LogP contribution in [0.15, 0.2) is 206 Å². The van der Waals surface area contributed by atoms with Crippen LogP contribution in [0.4, 0.5) is 17.1 Å². The van der Waals surface area contributed by atoms with E-state index in [-0.39, 0.29) is 10.8 Å². The van der Waals surface area contributed by atoms with Gasteiger partial charge in [0.25, 0.3) is 0 Å². The lowest BCUT2D eigenvalue weighted by Crippen LogP contribution is -2.23. The molecule has 2 aliphatic rings. The van der Waals surface area contributed by atoms with Gasteiger partial charge in [-0.3, -0.25) is 0 Å². The summed E-state index contributed by atoms with van der Waals surface area (Å²) in [5.41, 5.74) is 19.9. The summed E-state index contributed by atoms with van der Waals surface area (Å²) in [7, 11) is 0. The van der Waals surface area contributed by atoms with Gasteiger partial charge in [0.15, 0.2) is 0 Å². The molecule has 0 N–H and O–H groups in total. The summed E-state index contributed by atoms with van der Waals surface area (Å²) in [5.74, 6) is 0. The molecule has 0 saturated carbocycles. The number of benzene rings is 9. The van der Waals surface area contributed by atoms with Crippen molar-refractivity contribution >= 4 is 48.6 Å². The van der Waals surface area contributed by atoms with Crippen LogP contribution >= 0.6 is 11.3 Å². The fourth-order valence-electron chi connectivity index (χ4n) is 10.9. The van der Waals surface area contributed by atoms with Crippen molar-refractivity contribution in [1.29, 1.82) is 0 Å². The molecule has 0 saturated heterocycles. The summed E-state index contributed by atoms with van der Waals surface area (Å²) < 4.78 is 2.66. The van der Waals surface area contributed by atoms with Gasteiger partial charge in [0.05, 0.1) is 5.69 Å². The standard InChI is InChI=1S/C59H43NS/c1-58(2)51-27-11-7-20-44(51)48-24-16-25-49(56(48)58)46-21-9-13-29-54(46)60(40-33-31-38(32-34-40)42-23-15-26-50-47-22-10-14-30-55(47)61-57(42)50)41-35-36-45-43-19-8-12-28-52(43)59(3,53(45)37-41)39-17-5-4-6-18-39/h4-37H,1-3H3. The number of para-hydroxylation sites is 1. The molecule has 1 heterocycles. The highest BCUT2D eigenvalue weighted by atomic mass is 32.1. The van der Waals surface area contributed by atoms with Crippen LogP contribution in [-0.2, 0) is 10.8 Å². The van der Waals surface area contributed by atoms with Crippen LogP contribution in [0.2, 0.25) is 0 Å². The van der Waals surface area contributed by atoms with Crippen molar-refractivity contribution in [1.82, 2.24) is 0 Å². The smallest absolute Gasteiger partial charge is 0.0540 e. The van der Waals surface area contributed by atoms with E-state index in [1.165, 1.54) is 92.5 Å². The van der Waals surface area contributed by atoms with Crippen LogP contribution < -0.4 is 4.90 Å². The molecule has 1 aromatic heterocycles. The lowest BCUT2D eigenvalue weighted by atomic mass is 9.74. The van der Waals surface area contributed by atoms with Gasteiger partial charge in [0.1, 0.15) is 0 Å². The molecule has 2 aliphatic carbocycles. The predicted molar refractivity (Wildman–Crippen MR) is 260 cm³/mol. The number of thiophene rings is 1. The first-order valence-electron chi connectivity index (χ1n) is 21.3. The van der Waals surface area contributed by atoms with Crippen molar-refractivity contribution in [3.8, 4) is 44.5 Å². The van der Waals surface area contributed by atoms with E-state index in [1.54, 1.807) is 0 Å². The van der Waals surface area contributed by atoms with Crippen LogP contribution in [0.3, 0.4) is 0 Å². The maximum absolute atomic E-state index is 2.50. The molecule has 1 atom stereocenters. The third-order valence-electron chi connectivity index (χ3n) is 13.8. The van der Waals surface area contributed by atoms with Crippen LogP contribution in [0, 0.1) is 0 Å². The lowest BCUT2D eigenvalue weighted by Gasteiger charge is -2.32. The molecule has 9 aromatic carbocycles. The molecular weight excluding hydrogens is 755 g/mol. The Bertz CT molecular complexity index is 3350. The fraction of sp³-hybridized carbons (Fsp3) is 0.0847. The number of anilines is 3. The second-order valence-corrected chi connectivity index (χ2v) is 18.4. The average molecular weight is 798 g/mol. The molecule has 0 fully saturated rings. The molecule has 0 bridgehead atoms. The topological polar surface area (TPSA) is 3.24 Å². The van der Waals surface area contributed by atoms with Crippen molar-refractivity contribution in [2.45, 2.75) is 31.6 Å². The van der Waals surface area contributed by atoms with Gasteiger partial charge < -0.3 is 4.90 Å². The summed E-state index contributed by atoms with van der Waals surface area (Å²) in [6.45, 7) is 7.19. The summed E-state index contributed by atoms with van der Waals surface area (Å²) in [4.78, 5) is 2.50. The third kappa shape index (κ3) is 5.25. The number of hydrogen-bond donors (Lipinski definition) is 0. The van der Waals surface area contributed by atoms with E-state index in [0.29, 0.717) is 0 Å². The maximum atomic E-state index is 2.50. The Morgan fingerprint density at radius 1 is 0.393 bits per heavy atom. The fourth-order valence-corrected chi connectivity index (χ4v) is 12.1. The van der Waals surface area contributed by atoms with Gasteiger partial charge in [-0.2, -0.15) is 0 Å². The molecule has 61 heavy (non-hydrogen) atoms. The van der Waals surface area contributed by atoms with Crippen LogP contribution in [-0.4, -0.2) is 0 Å². The van der Waals surface area contributed by atoms with Crippen molar-refractivity contribution in [3.05, 3.63) is 234 Å². The van der Waals surface area contributed by atoms with E-state index in [9.17, 15) is 0 Å². The molecule has 2 heteroatoms. The van der Waals surface area contributed by atoms with Gasteiger partial charge in [-0.15, -0.1) is 11.3 Å². The zero-order valence-electron chi connectivity index (χ0n) is 34.5. The lowest BCUT2D eigenvalue weighted by molar-refractivity contribution is 0.662. The molecule has 0 aliphatic heterocycles. The van der Waals surface area contributed by atoms with Crippen molar-refractivity contribution in [3.63, 3.8) is 0 Å². The average Bonchev–Trinajstić information content (AvgIpc) is 3.91. The summed E-state index contributed by atoms with van der Waals surface area (Å²) in [5, 5.41) is 2.64. The Balaban J connectivity index is 1.07. The van der Waals surface area contributed by atoms with E-state index < -0.39 is 0 Å². The molecular formula is C59H43NS. The molecule has 12 rings (SSSR count). The van der Waals surface area contributed by atoms with Gasteiger partial charge in [-0.1, -0.05) is 184 Å². The zero-order chi connectivity index (χ0) is 40.9.